The first-order valence-electron chi connectivity index (χ1n) is 10.6. The second kappa shape index (κ2) is 12.6. The van der Waals surface area contributed by atoms with Gasteiger partial charge in [-0.1, -0.05) is 70.2 Å². The van der Waals surface area contributed by atoms with Crippen molar-refractivity contribution < 1.29 is 14.6 Å². The molecule has 0 spiro atoms. The van der Waals surface area contributed by atoms with Gasteiger partial charge in [-0.25, -0.2) is 0 Å². The van der Waals surface area contributed by atoms with Crippen LogP contribution >= 0.6 is 0 Å². The average Bonchev–Trinajstić information content (AvgIpc) is 2.73. The summed E-state index contributed by atoms with van der Waals surface area (Å²) in [6.45, 7) is 5.86. The summed E-state index contributed by atoms with van der Waals surface area (Å²) in [5.74, 6) is 0.396. The number of ether oxygens (including phenoxy) is 1. The number of hydrogen-bond acceptors (Lipinski definition) is 3. The number of allylic oxidation sites excluding steroid dienone is 1. The van der Waals surface area contributed by atoms with Crippen LogP contribution in [0.4, 0.5) is 0 Å². The van der Waals surface area contributed by atoms with E-state index in [0.717, 1.165) is 18.4 Å². The van der Waals surface area contributed by atoms with Gasteiger partial charge in [0.05, 0.1) is 11.8 Å². The highest BCUT2D eigenvalue weighted by Gasteiger charge is 2.08. The molecule has 0 unspecified atom stereocenters. The number of carbonyl (C=O) groups is 1. The number of phenolic OH excluding ortho intramolecular Hbond substituents is 1. The Morgan fingerprint density at radius 2 is 1.76 bits per heavy atom. The number of hydrogen-bond donors (Lipinski definition) is 1. The molecule has 0 aliphatic carbocycles. The summed E-state index contributed by atoms with van der Waals surface area (Å²) in [5, 5.41) is 9.86. The Morgan fingerprint density at radius 3 is 2.48 bits per heavy atom. The first kappa shape index (κ1) is 22.5. The van der Waals surface area contributed by atoms with E-state index < -0.39 is 0 Å². The van der Waals surface area contributed by atoms with Gasteiger partial charge in [0.1, 0.15) is 11.5 Å². The Labute approximate surface area is 174 Å². The zero-order valence-electron chi connectivity index (χ0n) is 17.4. The topological polar surface area (TPSA) is 46.5 Å². The fourth-order valence-corrected chi connectivity index (χ4v) is 3.30. The summed E-state index contributed by atoms with van der Waals surface area (Å²) < 4.78 is 5.49. The molecule has 0 bridgehead atoms. The quantitative estimate of drug-likeness (QED) is 0.171. The molecule has 29 heavy (non-hydrogen) atoms. The number of unbranched alkanes of at least 4 members (excludes halogenated alkanes) is 6. The van der Waals surface area contributed by atoms with E-state index in [1.54, 1.807) is 24.3 Å². The fourth-order valence-electron chi connectivity index (χ4n) is 3.30. The van der Waals surface area contributed by atoms with Crippen LogP contribution in [0.1, 0.15) is 73.4 Å². The van der Waals surface area contributed by atoms with Gasteiger partial charge in [0.15, 0.2) is 5.78 Å². The van der Waals surface area contributed by atoms with Gasteiger partial charge in [0.2, 0.25) is 0 Å². The Kier molecular flexibility index (Phi) is 9.77. The Balaban J connectivity index is 2.01. The van der Waals surface area contributed by atoms with Crippen LogP contribution in [0, 0.1) is 0 Å². The molecule has 1 N–H and O–H groups in total. The van der Waals surface area contributed by atoms with Crippen LogP contribution in [-0.2, 0) is 6.42 Å². The third-order valence-corrected chi connectivity index (χ3v) is 4.94. The lowest BCUT2D eigenvalue weighted by Crippen LogP contribution is -1.95. The van der Waals surface area contributed by atoms with E-state index in [2.05, 4.69) is 25.6 Å². The third kappa shape index (κ3) is 7.61. The highest BCUT2D eigenvalue weighted by atomic mass is 16.5. The van der Waals surface area contributed by atoms with Crippen LogP contribution in [0.15, 0.2) is 61.4 Å². The maximum absolute atomic E-state index is 12.4. The lowest BCUT2D eigenvalue weighted by Gasteiger charge is -2.08. The zero-order valence-corrected chi connectivity index (χ0v) is 17.4. The van der Waals surface area contributed by atoms with Crippen LogP contribution in [0.2, 0.25) is 0 Å². The lowest BCUT2D eigenvalue weighted by molar-refractivity contribution is 0.104. The number of carbonyl (C=O) groups excluding carboxylic acids is 1. The minimum atomic E-state index is -0.245. The third-order valence-electron chi connectivity index (χ3n) is 4.94. The van der Waals surface area contributed by atoms with E-state index in [4.69, 9.17) is 4.74 Å². The van der Waals surface area contributed by atoms with E-state index in [1.807, 2.05) is 6.07 Å². The second-order valence-corrected chi connectivity index (χ2v) is 7.24. The van der Waals surface area contributed by atoms with Gasteiger partial charge in [0.25, 0.3) is 0 Å². The van der Waals surface area contributed by atoms with E-state index in [-0.39, 0.29) is 17.1 Å². The number of aryl methyl sites for hydroxylation is 1. The van der Waals surface area contributed by atoms with Gasteiger partial charge < -0.3 is 9.84 Å². The number of rotatable bonds is 13. The average molecular weight is 393 g/mol. The van der Waals surface area contributed by atoms with E-state index >= 15 is 0 Å². The number of ketones is 1. The first-order valence-corrected chi connectivity index (χ1v) is 10.6. The molecule has 0 aromatic heterocycles. The van der Waals surface area contributed by atoms with Crippen molar-refractivity contribution >= 4 is 11.9 Å². The maximum atomic E-state index is 12.4. The highest BCUT2D eigenvalue weighted by molar-refractivity contribution is 6.08. The lowest BCUT2D eigenvalue weighted by atomic mass is 10.0. The van der Waals surface area contributed by atoms with Gasteiger partial charge in [-0.15, -0.1) is 0 Å². The Morgan fingerprint density at radius 1 is 1.03 bits per heavy atom. The monoisotopic (exact) mass is 392 g/mol. The Hall–Kier alpha value is -2.81. The van der Waals surface area contributed by atoms with Crippen LogP contribution < -0.4 is 4.74 Å². The number of aromatic hydroxyl groups is 1. The van der Waals surface area contributed by atoms with Gasteiger partial charge in [0, 0.05) is 5.56 Å². The molecule has 2 rings (SSSR count). The van der Waals surface area contributed by atoms with E-state index in [1.165, 1.54) is 62.5 Å². The van der Waals surface area contributed by atoms with Gasteiger partial charge in [-0.05, 0) is 54.8 Å². The van der Waals surface area contributed by atoms with Crippen molar-refractivity contribution in [3.05, 3.63) is 78.1 Å². The summed E-state index contributed by atoms with van der Waals surface area (Å²) in [5.41, 5.74) is 2.34. The molecule has 2 aromatic carbocycles. The minimum absolute atomic E-state index is 0.0163. The number of para-hydroxylation sites is 1. The first-order chi connectivity index (χ1) is 14.2. The summed E-state index contributed by atoms with van der Waals surface area (Å²) in [6, 6.07) is 12.6. The molecule has 0 atom stereocenters. The van der Waals surface area contributed by atoms with E-state index in [9.17, 15) is 9.90 Å². The van der Waals surface area contributed by atoms with Crippen molar-refractivity contribution in [2.75, 3.05) is 0 Å². The predicted octanol–water partition coefficient (Wildman–Crippen LogP) is 7.10. The van der Waals surface area contributed by atoms with Crippen LogP contribution in [0.3, 0.4) is 0 Å². The molecule has 0 saturated heterocycles. The highest BCUT2D eigenvalue weighted by Crippen LogP contribution is 2.24. The van der Waals surface area contributed by atoms with Gasteiger partial charge in [-0.3, -0.25) is 4.79 Å². The molecule has 0 aliphatic rings. The summed E-state index contributed by atoms with van der Waals surface area (Å²) in [4.78, 5) is 12.4. The zero-order chi connectivity index (χ0) is 20.9. The molecular formula is C26H32O3. The molecule has 3 nitrogen and oxygen atoms in total. The summed E-state index contributed by atoms with van der Waals surface area (Å²) in [6.07, 6.45) is 14.6. The number of benzene rings is 2. The van der Waals surface area contributed by atoms with Crippen LogP contribution in [0.5, 0.6) is 11.5 Å². The Bertz CT molecular complexity index is 820. The standard InChI is InChI=1S/C26H32O3/c1-3-5-6-7-8-9-10-13-21-16-19-26(29-4-2)22(20-21)17-18-25(28)23-14-11-12-15-24(23)27/h4,11-12,14-20,27H,2-3,5-10,13H2,1H3/b18-17+. The van der Waals surface area contributed by atoms with Crippen molar-refractivity contribution in [3.63, 3.8) is 0 Å². The van der Waals surface area contributed by atoms with Crippen molar-refractivity contribution in [2.24, 2.45) is 0 Å². The molecule has 0 fully saturated rings. The molecule has 2 aromatic rings. The summed E-state index contributed by atoms with van der Waals surface area (Å²) in [7, 11) is 0. The van der Waals surface area contributed by atoms with Gasteiger partial charge >= 0.3 is 0 Å². The van der Waals surface area contributed by atoms with Crippen LogP contribution in [0.25, 0.3) is 6.08 Å². The maximum Gasteiger partial charge on any atom is 0.189 e. The molecule has 0 saturated carbocycles. The smallest absolute Gasteiger partial charge is 0.189 e. The molecular weight excluding hydrogens is 360 g/mol. The molecule has 0 aliphatic heterocycles. The molecule has 154 valence electrons. The largest absolute Gasteiger partial charge is 0.507 e. The van der Waals surface area contributed by atoms with Crippen molar-refractivity contribution in [1.29, 1.82) is 0 Å². The van der Waals surface area contributed by atoms with Crippen LogP contribution in [-0.4, -0.2) is 10.9 Å². The normalized spacial score (nSPS) is 10.9. The minimum Gasteiger partial charge on any atom is -0.507 e. The predicted molar refractivity (Wildman–Crippen MR) is 120 cm³/mol. The molecule has 3 heteroatoms. The second-order valence-electron chi connectivity index (χ2n) is 7.24. The van der Waals surface area contributed by atoms with E-state index in [0.29, 0.717) is 5.75 Å². The number of phenols is 1. The SMILES string of the molecule is C=COc1ccc(CCCCCCCCC)cc1/C=C/C(=O)c1ccccc1O. The van der Waals surface area contributed by atoms with Gasteiger partial charge in [-0.2, -0.15) is 0 Å². The van der Waals surface area contributed by atoms with Crippen molar-refractivity contribution in [2.45, 2.75) is 58.3 Å². The molecule has 0 amide bonds. The molecule has 0 heterocycles. The molecule has 0 radical (unpaired) electrons. The fraction of sp³-hybridized carbons (Fsp3) is 0.346. The van der Waals surface area contributed by atoms with Crippen molar-refractivity contribution in [1.82, 2.24) is 0 Å². The summed E-state index contributed by atoms with van der Waals surface area (Å²) >= 11 is 0. The van der Waals surface area contributed by atoms with Crippen molar-refractivity contribution in [3.8, 4) is 11.5 Å².